The summed E-state index contributed by atoms with van der Waals surface area (Å²) in [7, 11) is 0. The van der Waals surface area contributed by atoms with Crippen LogP contribution in [0.2, 0.25) is 0 Å². The standard InChI is InChI=1S/C36H75N5/c1-7-13-16-34(10-4)31-39-25-19-37(20-26-39)23-29-41(33-36(12-6)18-15-9-3)30-24-38-21-27-40(28-22-38)32-35(11-5)17-14-8-2/h34-36H,7-33H2,1-6H3. The molecular weight excluding hydrogens is 502 g/mol. The number of piperazine rings is 2. The smallest absolute Gasteiger partial charge is 0.0110 e. The zero-order valence-electron chi connectivity index (χ0n) is 29.1. The molecule has 0 N–H and O–H groups in total. The first-order chi connectivity index (χ1) is 20.0. The van der Waals surface area contributed by atoms with E-state index in [1.54, 1.807) is 0 Å². The van der Waals surface area contributed by atoms with E-state index in [1.165, 1.54) is 175 Å². The molecule has 2 rings (SSSR count). The second-order valence-corrected chi connectivity index (χ2v) is 13.8. The minimum Gasteiger partial charge on any atom is -0.301 e. The second kappa shape index (κ2) is 23.2. The molecule has 0 aromatic carbocycles. The number of hydrogen-bond donors (Lipinski definition) is 0. The molecule has 0 aromatic heterocycles. The molecule has 2 aliphatic rings. The Morgan fingerprint density at radius 2 is 0.805 bits per heavy atom. The molecular formula is C36H75N5. The number of rotatable bonds is 24. The van der Waals surface area contributed by atoms with Crippen molar-refractivity contribution in [3.63, 3.8) is 0 Å². The van der Waals surface area contributed by atoms with Crippen LogP contribution in [0.1, 0.15) is 119 Å². The molecule has 0 saturated carbocycles. The van der Waals surface area contributed by atoms with E-state index >= 15 is 0 Å². The van der Waals surface area contributed by atoms with Crippen LogP contribution in [0.5, 0.6) is 0 Å². The van der Waals surface area contributed by atoms with E-state index in [0.717, 1.165) is 17.8 Å². The molecule has 0 aliphatic carbocycles. The Morgan fingerprint density at radius 3 is 1.15 bits per heavy atom. The Labute approximate surface area is 258 Å². The van der Waals surface area contributed by atoms with Crippen LogP contribution in [0, 0.1) is 17.8 Å². The van der Waals surface area contributed by atoms with Gasteiger partial charge in [0.1, 0.15) is 0 Å². The van der Waals surface area contributed by atoms with Crippen molar-refractivity contribution in [1.29, 1.82) is 0 Å². The van der Waals surface area contributed by atoms with Crippen molar-refractivity contribution < 1.29 is 0 Å². The van der Waals surface area contributed by atoms with Crippen LogP contribution in [0.15, 0.2) is 0 Å². The molecule has 5 nitrogen and oxygen atoms in total. The first-order valence-corrected chi connectivity index (χ1v) is 18.7. The maximum absolute atomic E-state index is 2.86. The average Bonchev–Trinajstić information content (AvgIpc) is 3.01. The van der Waals surface area contributed by atoms with Crippen LogP contribution in [-0.2, 0) is 0 Å². The summed E-state index contributed by atoms with van der Waals surface area (Å²) in [6, 6.07) is 0. The Hall–Kier alpha value is -0.200. The van der Waals surface area contributed by atoms with Gasteiger partial charge in [-0.1, -0.05) is 99.3 Å². The predicted octanol–water partition coefficient (Wildman–Crippen LogP) is 7.17. The molecule has 41 heavy (non-hydrogen) atoms. The molecule has 0 bridgehead atoms. The van der Waals surface area contributed by atoms with Crippen LogP contribution in [-0.4, -0.2) is 123 Å². The lowest BCUT2D eigenvalue weighted by atomic mass is 9.98. The predicted molar refractivity (Wildman–Crippen MR) is 182 cm³/mol. The highest BCUT2D eigenvalue weighted by Crippen LogP contribution is 2.18. The first-order valence-electron chi connectivity index (χ1n) is 18.7. The molecule has 0 amide bonds. The third kappa shape index (κ3) is 15.9. The van der Waals surface area contributed by atoms with Crippen LogP contribution in [0.25, 0.3) is 0 Å². The van der Waals surface area contributed by atoms with Gasteiger partial charge >= 0.3 is 0 Å². The van der Waals surface area contributed by atoms with Crippen molar-refractivity contribution in [2.45, 2.75) is 119 Å². The van der Waals surface area contributed by atoms with Crippen molar-refractivity contribution in [3.05, 3.63) is 0 Å². The lowest BCUT2D eigenvalue weighted by Gasteiger charge is -2.39. The van der Waals surface area contributed by atoms with Gasteiger partial charge in [0, 0.05) is 98.2 Å². The highest BCUT2D eigenvalue weighted by Gasteiger charge is 2.23. The van der Waals surface area contributed by atoms with Crippen LogP contribution in [0.3, 0.4) is 0 Å². The van der Waals surface area contributed by atoms with E-state index in [4.69, 9.17) is 0 Å². The van der Waals surface area contributed by atoms with E-state index in [0.29, 0.717) is 0 Å². The third-order valence-electron chi connectivity index (χ3n) is 10.6. The Balaban J connectivity index is 1.78. The fraction of sp³-hybridized carbons (Fsp3) is 1.00. The van der Waals surface area contributed by atoms with Crippen LogP contribution in [0.4, 0.5) is 0 Å². The van der Waals surface area contributed by atoms with Crippen molar-refractivity contribution >= 4 is 0 Å². The zero-order valence-corrected chi connectivity index (χ0v) is 29.1. The van der Waals surface area contributed by atoms with Gasteiger partial charge in [-0.2, -0.15) is 0 Å². The highest BCUT2D eigenvalue weighted by molar-refractivity contribution is 4.78. The molecule has 5 heteroatoms. The normalized spacial score (nSPS) is 20.6. The quantitative estimate of drug-likeness (QED) is 0.120. The van der Waals surface area contributed by atoms with E-state index in [9.17, 15) is 0 Å². The summed E-state index contributed by atoms with van der Waals surface area (Å²) < 4.78 is 0. The molecule has 244 valence electrons. The van der Waals surface area contributed by atoms with Gasteiger partial charge in [0.05, 0.1) is 0 Å². The zero-order chi connectivity index (χ0) is 29.7. The maximum Gasteiger partial charge on any atom is 0.0110 e. The molecule has 2 heterocycles. The lowest BCUT2D eigenvalue weighted by molar-refractivity contribution is 0.0860. The summed E-state index contributed by atoms with van der Waals surface area (Å²) in [6.45, 7) is 33.4. The summed E-state index contributed by atoms with van der Waals surface area (Å²) in [5, 5.41) is 0. The highest BCUT2D eigenvalue weighted by atomic mass is 15.3. The minimum atomic E-state index is 0.867. The van der Waals surface area contributed by atoms with Crippen molar-refractivity contribution in [3.8, 4) is 0 Å². The topological polar surface area (TPSA) is 16.2 Å². The monoisotopic (exact) mass is 578 g/mol. The Morgan fingerprint density at radius 1 is 0.463 bits per heavy atom. The van der Waals surface area contributed by atoms with E-state index in [-0.39, 0.29) is 0 Å². The molecule has 2 fully saturated rings. The van der Waals surface area contributed by atoms with Gasteiger partial charge in [-0.05, 0) is 37.0 Å². The minimum absolute atomic E-state index is 0.867. The summed E-state index contributed by atoms with van der Waals surface area (Å²) in [6.07, 6.45) is 16.5. The van der Waals surface area contributed by atoms with Gasteiger partial charge in [0.2, 0.25) is 0 Å². The van der Waals surface area contributed by atoms with E-state index < -0.39 is 0 Å². The molecule has 0 radical (unpaired) electrons. The summed E-state index contributed by atoms with van der Waals surface area (Å²) in [4.78, 5) is 13.9. The maximum atomic E-state index is 2.86. The molecule has 0 aromatic rings. The van der Waals surface area contributed by atoms with Crippen LogP contribution < -0.4 is 0 Å². The van der Waals surface area contributed by atoms with Gasteiger partial charge in [-0.25, -0.2) is 0 Å². The number of nitrogens with zero attached hydrogens (tertiary/aromatic N) is 5. The summed E-state index contributed by atoms with van der Waals surface area (Å²) in [5.74, 6) is 2.68. The fourth-order valence-corrected chi connectivity index (χ4v) is 7.10. The van der Waals surface area contributed by atoms with E-state index in [1.807, 2.05) is 0 Å². The summed E-state index contributed by atoms with van der Waals surface area (Å²) >= 11 is 0. The van der Waals surface area contributed by atoms with E-state index in [2.05, 4.69) is 66.0 Å². The molecule has 3 atom stereocenters. The van der Waals surface area contributed by atoms with Crippen molar-refractivity contribution in [2.75, 3.05) is 98.2 Å². The van der Waals surface area contributed by atoms with Crippen molar-refractivity contribution in [1.82, 2.24) is 24.5 Å². The average molecular weight is 578 g/mol. The number of hydrogen-bond acceptors (Lipinski definition) is 5. The van der Waals surface area contributed by atoms with Gasteiger partial charge < -0.3 is 14.7 Å². The van der Waals surface area contributed by atoms with Crippen molar-refractivity contribution in [2.24, 2.45) is 17.8 Å². The molecule has 3 unspecified atom stereocenters. The lowest BCUT2D eigenvalue weighted by Crippen LogP contribution is -2.51. The van der Waals surface area contributed by atoms with Gasteiger partial charge in [-0.3, -0.25) is 9.80 Å². The van der Waals surface area contributed by atoms with Gasteiger partial charge in [-0.15, -0.1) is 0 Å². The largest absolute Gasteiger partial charge is 0.301 e. The first kappa shape index (κ1) is 37.0. The van der Waals surface area contributed by atoms with Gasteiger partial charge in [0.25, 0.3) is 0 Å². The Kier molecular flexibility index (Phi) is 20.9. The second-order valence-electron chi connectivity index (χ2n) is 13.8. The molecule has 2 saturated heterocycles. The third-order valence-corrected chi connectivity index (χ3v) is 10.6. The molecule has 2 aliphatic heterocycles. The Bertz CT molecular complexity index is 543. The SMILES string of the molecule is CCCCC(CC)CN1CCN(CCN(CCN2CCN(CC(CC)CCCC)CC2)CC(CC)CCCC)CC1. The fourth-order valence-electron chi connectivity index (χ4n) is 7.10. The van der Waals surface area contributed by atoms with Crippen LogP contribution >= 0.6 is 0 Å². The van der Waals surface area contributed by atoms with Gasteiger partial charge in [0.15, 0.2) is 0 Å². The summed E-state index contributed by atoms with van der Waals surface area (Å²) in [5.41, 5.74) is 0. The number of unbranched alkanes of at least 4 members (excludes halogenated alkanes) is 3. The molecule has 0 spiro atoms.